The minimum atomic E-state index is 1.04. The smallest absolute Gasteiger partial charge is 0.0746 e. The van der Waals surface area contributed by atoms with Crippen LogP contribution in [0.15, 0.2) is 152 Å². The van der Waals surface area contributed by atoms with Gasteiger partial charge in [0.15, 0.2) is 0 Å². The van der Waals surface area contributed by atoms with E-state index in [2.05, 4.69) is 269 Å². The molecule has 0 radical (unpaired) electrons. The number of pyridine rings is 6. The second-order valence-corrected chi connectivity index (χ2v) is 27.7. The molecule has 18 rings (SSSR count). The van der Waals surface area contributed by atoms with E-state index >= 15 is 0 Å². The summed E-state index contributed by atoms with van der Waals surface area (Å²) >= 11 is 0. The molecule has 6 aliphatic rings. The number of hydrogen-bond donors (Lipinski definition) is 0. The van der Waals surface area contributed by atoms with Crippen LogP contribution in [0.4, 0.5) is 0 Å². The molecule has 6 aliphatic carbocycles. The Kier molecular flexibility index (Phi) is 17.4. The van der Waals surface area contributed by atoms with Crippen molar-refractivity contribution in [2.45, 2.75) is 156 Å². The number of hydrogen-bond acceptors (Lipinski definition) is 6. The van der Waals surface area contributed by atoms with Crippen LogP contribution in [0, 0.1) is 118 Å². The summed E-state index contributed by atoms with van der Waals surface area (Å²) in [6.07, 6.45) is 6.26. The van der Waals surface area contributed by atoms with Crippen molar-refractivity contribution in [3.8, 4) is 67.5 Å². The van der Waals surface area contributed by atoms with E-state index in [-0.39, 0.29) is 0 Å². The summed E-state index contributed by atoms with van der Waals surface area (Å²) in [5.74, 6) is 0. The van der Waals surface area contributed by atoms with E-state index in [1.54, 1.807) is 0 Å². The molecule has 6 aromatic carbocycles. The van der Waals surface area contributed by atoms with E-state index in [1.165, 1.54) is 196 Å². The Hall–Kier alpha value is -9.78. The fourth-order valence-corrected chi connectivity index (χ4v) is 14.6. The van der Waals surface area contributed by atoms with Gasteiger partial charge in [-0.15, -0.1) is 0 Å². The highest BCUT2D eigenvalue weighted by Gasteiger charge is 2.27. The van der Waals surface area contributed by atoms with Gasteiger partial charge in [0.25, 0.3) is 0 Å². The van der Waals surface area contributed by atoms with E-state index in [0.717, 1.165) is 72.7 Å². The van der Waals surface area contributed by atoms with E-state index in [4.69, 9.17) is 29.9 Å². The van der Waals surface area contributed by atoms with Crippen molar-refractivity contribution >= 4 is 0 Å². The predicted molar refractivity (Wildman–Crippen MR) is 395 cm³/mol. The van der Waals surface area contributed by atoms with Crippen LogP contribution in [0.3, 0.4) is 0 Å². The topological polar surface area (TPSA) is 77.3 Å². The predicted octanol–water partition coefficient (Wildman–Crippen LogP) is 21.2. The largest absolute Gasteiger partial charge is 0.253 e. The molecular weight excluding hydrogens is 1150 g/mol. The summed E-state index contributed by atoms with van der Waals surface area (Å²) in [5, 5.41) is 0. The van der Waals surface area contributed by atoms with Crippen molar-refractivity contribution in [1.82, 2.24) is 29.9 Å². The lowest BCUT2D eigenvalue weighted by Crippen LogP contribution is -1.97. The highest BCUT2D eigenvalue weighted by molar-refractivity contribution is 5.80. The average Bonchev–Trinajstić information content (AvgIpc) is 1.68. The van der Waals surface area contributed by atoms with Crippen LogP contribution in [0.25, 0.3) is 67.5 Å². The zero-order chi connectivity index (χ0) is 66.8. The molecular formula is C89H88N6. The van der Waals surface area contributed by atoms with Crippen LogP contribution in [-0.2, 0) is 38.5 Å². The lowest BCUT2D eigenvalue weighted by molar-refractivity contribution is 1.09. The summed E-state index contributed by atoms with van der Waals surface area (Å²) in [7, 11) is 0. The van der Waals surface area contributed by atoms with Crippen LogP contribution in [0.2, 0.25) is 0 Å². The molecule has 6 nitrogen and oxygen atoms in total. The zero-order valence-electron chi connectivity index (χ0n) is 58.9. The maximum absolute atomic E-state index is 4.76. The highest BCUT2D eigenvalue weighted by Crippen LogP contribution is 2.43. The SMILES string of the molecule is Cc1cc2c(nc1C)-c1c(C)cccc1C2.Cc1cc2c(nc1C)-c1cccc(C)c1C2.Cc1cc2c(nc1C)-c1ccccc1C2.Cc1ccc2c(c1)-c1nc(C)c(C)cc1C2.Cc1ccc2c(c1)Cc1cc(C)c(C)nc1-2.Cc1nc2c(c(C)c1C)Cc1ccccc1-2. The molecule has 0 spiro atoms. The summed E-state index contributed by atoms with van der Waals surface area (Å²) in [5.41, 5.74) is 53.5. The van der Waals surface area contributed by atoms with Crippen LogP contribution in [0.1, 0.15) is 162 Å². The van der Waals surface area contributed by atoms with Gasteiger partial charge in [-0.1, -0.05) is 157 Å². The van der Waals surface area contributed by atoms with E-state index < -0.39 is 0 Å². The van der Waals surface area contributed by atoms with Gasteiger partial charge in [0.1, 0.15) is 0 Å². The van der Waals surface area contributed by atoms with Gasteiger partial charge in [0, 0.05) is 106 Å². The molecule has 6 heterocycles. The third kappa shape index (κ3) is 12.4. The van der Waals surface area contributed by atoms with Crippen molar-refractivity contribution in [3.63, 3.8) is 0 Å². The molecule has 0 fully saturated rings. The van der Waals surface area contributed by atoms with Gasteiger partial charge in [-0.25, -0.2) is 0 Å². The number of aromatic nitrogens is 6. The second kappa shape index (κ2) is 25.8. The van der Waals surface area contributed by atoms with Crippen molar-refractivity contribution in [2.24, 2.45) is 0 Å². The van der Waals surface area contributed by atoms with Gasteiger partial charge < -0.3 is 0 Å². The molecule has 95 heavy (non-hydrogen) atoms. The number of benzene rings is 6. The van der Waals surface area contributed by atoms with Gasteiger partial charge in [-0.2, -0.15) is 0 Å². The fraction of sp³-hybridized carbons (Fsp3) is 0.258. The third-order valence-corrected chi connectivity index (χ3v) is 20.9. The quantitative estimate of drug-likeness (QED) is 0.151. The zero-order valence-corrected chi connectivity index (χ0v) is 58.9. The van der Waals surface area contributed by atoms with Crippen LogP contribution >= 0.6 is 0 Å². The van der Waals surface area contributed by atoms with Crippen molar-refractivity contribution in [1.29, 1.82) is 0 Å². The standard InChI is InChI=1S/5C15H15N.C14H13N/c1-9-4-5-14-12(6-9)8-13-7-10(2)11(3)16-15(13)14;1-9-4-5-12-8-13-7-10(2)11(3)16-15(13)14(12)6-9;1-9-5-4-6-13-14(9)8-12-7-10(2)11(3)16-15(12)13;1-9-5-4-6-12-8-13-7-10(2)11(3)16-15(13)14(9)12;1-9-10(2)14-8-12-6-4-5-7-13(12)15(14)16-11(9)3;1-9-7-12-8-11-5-3-4-6-13(11)14(12)15-10(9)2/h5*4-7H,8H2,1-3H3;3-7H,8H2,1-2H3. The van der Waals surface area contributed by atoms with Crippen LogP contribution < -0.4 is 0 Å². The minimum Gasteiger partial charge on any atom is -0.253 e. The van der Waals surface area contributed by atoms with E-state index in [0.29, 0.717) is 0 Å². The number of rotatable bonds is 0. The van der Waals surface area contributed by atoms with Gasteiger partial charge in [0.05, 0.1) is 34.2 Å². The minimum absolute atomic E-state index is 1.04. The van der Waals surface area contributed by atoms with E-state index in [9.17, 15) is 0 Å². The van der Waals surface area contributed by atoms with Gasteiger partial charge in [0.2, 0.25) is 0 Å². The number of aryl methyl sites for hydroxylation is 15. The summed E-state index contributed by atoms with van der Waals surface area (Å²) < 4.78 is 0. The summed E-state index contributed by atoms with van der Waals surface area (Å²) in [6.45, 7) is 36.2. The molecule has 0 saturated carbocycles. The van der Waals surface area contributed by atoms with E-state index in [1.807, 2.05) is 0 Å². The Morgan fingerprint density at radius 2 is 0.579 bits per heavy atom. The highest BCUT2D eigenvalue weighted by atomic mass is 14.8. The molecule has 0 unspecified atom stereocenters. The van der Waals surface area contributed by atoms with Crippen molar-refractivity contribution < 1.29 is 0 Å². The molecule has 0 N–H and O–H groups in total. The fourth-order valence-electron chi connectivity index (χ4n) is 14.6. The molecule has 6 aromatic heterocycles. The van der Waals surface area contributed by atoms with Crippen molar-refractivity contribution in [3.05, 3.63) is 314 Å². The Morgan fingerprint density at radius 3 is 1.16 bits per heavy atom. The van der Waals surface area contributed by atoms with Crippen molar-refractivity contribution in [2.75, 3.05) is 0 Å². The summed E-state index contributed by atoms with van der Waals surface area (Å²) in [6, 6.07) is 54.9. The monoisotopic (exact) mass is 1240 g/mol. The van der Waals surface area contributed by atoms with Crippen LogP contribution in [0.5, 0.6) is 0 Å². The summed E-state index contributed by atoms with van der Waals surface area (Å²) in [4.78, 5) is 28.4. The first-order chi connectivity index (χ1) is 45.6. The lowest BCUT2D eigenvalue weighted by Gasteiger charge is -2.10. The molecule has 0 bridgehead atoms. The second-order valence-electron chi connectivity index (χ2n) is 27.7. The lowest BCUT2D eigenvalue weighted by atomic mass is 10.0. The molecule has 474 valence electrons. The normalized spacial score (nSPS) is 12.4. The Bertz CT molecular complexity index is 5080. The molecule has 0 amide bonds. The van der Waals surface area contributed by atoms with Crippen LogP contribution in [-0.4, -0.2) is 29.9 Å². The molecule has 0 aliphatic heterocycles. The van der Waals surface area contributed by atoms with Gasteiger partial charge in [-0.05, 0) is 241 Å². The molecule has 0 atom stereocenters. The first-order valence-electron chi connectivity index (χ1n) is 33.9. The third-order valence-electron chi connectivity index (χ3n) is 20.9. The average molecular weight is 1240 g/mol. The number of nitrogens with zero attached hydrogens (tertiary/aromatic N) is 6. The molecule has 12 aromatic rings. The Balaban J connectivity index is 0.000000103. The molecule has 6 heteroatoms. The Morgan fingerprint density at radius 1 is 0.211 bits per heavy atom. The first-order valence-corrected chi connectivity index (χ1v) is 33.9. The maximum atomic E-state index is 4.76. The maximum Gasteiger partial charge on any atom is 0.0746 e. The van der Waals surface area contributed by atoms with Gasteiger partial charge >= 0.3 is 0 Å². The first kappa shape index (κ1) is 64.0. The number of fused-ring (bicyclic) bond motifs is 18. The molecule has 0 saturated heterocycles. The Labute approximate surface area is 564 Å². The van der Waals surface area contributed by atoms with Gasteiger partial charge in [-0.3, -0.25) is 29.9 Å².